The van der Waals surface area contributed by atoms with Gasteiger partial charge in [0.1, 0.15) is 11.6 Å². The highest BCUT2D eigenvalue weighted by Crippen LogP contribution is 2.28. The van der Waals surface area contributed by atoms with Gasteiger partial charge in [-0.3, -0.25) is 14.9 Å². The summed E-state index contributed by atoms with van der Waals surface area (Å²) in [6, 6.07) is 10.0. The summed E-state index contributed by atoms with van der Waals surface area (Å²) in [4.78, 5) is 37.1. The van der Waals surface area contributed by atoms with Gasteiger partial charge in [-0.05, 0) is 31.0 Å². The van der Waals surface area contributed by atoms with E-state index >= 15 is 0 Å². The van der Waals surface area contributed by atoms with E-state index in [1.165, 1.54) is 18.4 Å². The van der Waals surface area contributed by atoms with E-state index in [0.29, 0.717) is 38.4 Å². The van der Waals surface area contributed by atoms with Crippen molar-refractivity contribution < 1.29 is 14.1 Å². The number of aryl methyl sites for hydroxylation is 1. The molecule has 1 unspecified atom stereocenters. The van der Waals surface area contributed by atoms with Crippen LogP contribution in [0.3, 0.4) is 0 Å². The molecule has 2 aromatic heterocycles. The fourth-order valence-electron chi connectivity index (χ4n) is 4.09. The lowest BCUT2D eigenvalue weighted by molar-refractivity contribution is -0.384. The van der Waals surface area contributed by atoms with Crippen molar-refractivity contribution in [2.75, 3.05) is 31.1 Å². The number of hydrogen-bond acceptors (Lipinski definition) is 7. The number of furan rings is 1. The zero-order valence-corrected chi connectivity index (χ0v) is 19.7. The zero-order valence-electron chi connectivity index (χ0n) is 19.7. The number of benzene rings is 1. The molecule has 1 aliphatic heterocycles. The Morgan fingerprint density at radius 1 is 1.15 bits per heavy atom. The molecule has 9 nitrogen and oxygen atoms in total. The molecule has 0 N–H and O–H groups in total. The average molecular weight is 464 g/mol. The minimum Gasteiger partial charge on any atom is -0.459 e. The monoisotopic (exact) mass is 463 g/mol. The van der Waals surface area contributed by atoms with Crippen molar-refractivity contribution in [3.63, 3.8) is 0 Å². The molecule has 34 heavy (non-hydrogen) atoms. The van der Waals surface area contributed by atoms with E-state index in [1.54, 1.807) is 29.2 Å². The lowest BCUT2D eigenvalue weighted by atomic mass is 10.0. The van der Waals surface area contributed by atoms with Crippen molar-refractivity contribution in [2.45, 2.75) is 39.5 Å². The Hall–Kier alpha value is -3.75. The number of nitro benzene ring substituents is 1. The smallest absolute Gasteiger partial charge is 0.289 e. The number of nitrogens with zero attached hydrogens (tertiary/aromatic N) is 5. The molecule has 0 bridgehead atoms. The molecule has 9 heteroatoms. The number of carbonyl (C=O) groups excluding carboxylic acids is 1. The van der Waals surface area contributed by atoms with Gasteiger partial charge in [-0.25, -0.2) is 9.97 Å². The topological polar surface area (TPSA) is 106 Å². The second-order valence-corrected chi connectivity index (χ2v) is 8.64. The van der Waals surface area contributed by atoms with Gasteiger partial charge in [0.15, 0.2) is 5.76 Å². The summed E-state index contributed by atoms with van der Waals surface area (Å²) in [5.41, 5.74) is 2.95. The molecule has 0 aliphatic carbocycles. The number of nitro groups is 1. The number of aromatic nitrogens is 2. The maximum atomic E-state index is 12.7. The second kappa shape index (κ2) is 10.0. The van der Waals surface area contributed by atoms with Crippen LogP contribution in [0, 0.1) is 17.0 Å². The standard InChI is InChI=1S/C25H29N5O4/c1-4-17(2)23-26-18(3)21(16-19-7-9-20(10-8-19)30(32)33)24(27-23)28-11-13-29(14-12-28)25(31)22-6-5-15-34-22/h5-10,15,17H,4,11-14,16H2,1-3H3. The highest BCUT2D eigenvalue weighted by Gasteiger charge is 2.27. The molecule has 0 radical (unpaired) electrons. The largest absolute Gasteiger partial charge is 0.459 e. The number of amides is 1. The molecule has 3 heterocycles. The fourth-order valence-corrected chi connectivity index (χ4v) is 4.09. The van der Waals surface area contributed by atoms with Crippen molar-refractivity contribution in [1.82, 2.24) is 14.9 Å². The van der Waals surface area contributed by atoms with Crippen LogP contribution in [0.2, 0.25) is 0 Å². The number of anilines is 1. The molecule has 178 valence electrons. The van der Waals surface area contributed by atoms with Crippen LogP contribution >= 0.6 is 0 Å². The van der Waals surface area contributed by atoms with Crippen LogP contribution < -0.4 is 4.90 Å². The van der Waals surface area contributed by atoms with Crippen molar-refractivity contribution in [2.24, 2.45) is 0 Å². The highest BCUT2D eigenvalue weighted by atomic mass is 16.6. The van der Waals surface area contributed by atoms with Crippen LogP contribution in [0.15, 0.2) is 47.1 Å². The highest BCUT2D eigenvalue weighted by molar-refractivity contribution is 5.91. The predicted molar refractivity (Wildman–Crippen MR) is 128 cm³/mol. The second-order valence-electron chi connectivity index (χ2n) is 8.64. The minimum absolute atomic E-state index is 0.0708. The van der Waals surface area contributed by atoms with Crippen LogP contribution in [0.1, 0.15) is 59.4 Å². The van der Waals surface area contributed by atoms with Gasteiger partial charge >= 0.3 is 0 Å². The first kappa shape index (κ1) is 23.4. The van der Waals surface area contributed by atoms with Gasteiger partial charge in [0, 0.05) is 61.9 Å². The van der Waals surface area contributed by atoms with Gasteiger partial charge < -0.3 is 14.2 Å². The molecule has 0 saturated carbocycles. The molecular weight excluding hydrogens is 434 g/mol. The maximum Gasteiger partial charge on any atom is 0.289 e. The summed E-state index contributed by atoms with van der Waals surface area (Å²) in [5.74, 6) is 2.18. The van der Waals surface area contributed by atoms with E-state index in [4.69, 9.17) is 14.4 Å². The summed E-state index contributed by atoms with van der Waals surface area (Å²) < 4.78 is 5.27. The van der Waals surface area contributed by atoms with E-state index in [1.807, 2.05) is 6.92 Å². The average Bonchev–Trinajstić information content (AvgIpc) is 3.39. The SMILES string of the molecule is CCC(C)c1nc(C)c(Cc2ccc([N+](=O)[O-])cc2)c(N2CCN(C(=O)c3ccco3)CC2)n1. The van der Waals surface area contributed by atoms with Crippen LogP contribution in [-0.4, -0.2) is 51.9 Å². The van der Waals surface area contributed by atoms with Gasteiger partial charge in [-0.1, -0.05) is 26.0 Å². The normalized spacial score (nSPS) is 14.8. The molecule has 0 spiro atoms. The van der Waals surface area contributed by atoms with Crippen molar-refractivity contribution in [1.29, 1.82) is 0 Å². The van der Waals surface area contributed by atoms with Gasteiger partial charge in [0.2, 0.25) is 0 Å². The lowest BCUT2D eigenvalue weighted by Crippen LogP contribution is -2.49. The molecular formula is C25H29N5O4. The molecule has 1 aromatic carbocycles. The van der Waals surface area contributed by atoms with E-state index in [0.717, 1.165) is 34.9 Å². The van der Waals surface area contributed by atoms with Crippen LogP contribution in [0.4, 0.5) is 11.5 Å². The molecule has 1 amide bonds. The van der Waals surface area contributed by atoms with Crippen molar-refractivity contribution >= 4 is 17.4 Å². The van der Waals surface area contributed by atoms with E-state index in [-0.39, 0.29) is 17.5 Å². The summed E-state index contributed by atoms with van der Waals surface area (Å²) in [5, 5.41) is 11.0. The van der Waals surface area contributed by atoms with Crippen LogP contribution in [0.5, 0.6) is 0 Å². The molecule has 3 aromatic rings. The zero-order chi connectivity index (χ0) is 24.2. The number of rotatable bonds is 7. The number of carbonyl (C=O) groups is 1. The van der Waals surface area contributed by atoms with E-state index in [9.17, 15) is 14.9 Å². The Morgan fingerprint density at radius 2 is 1.85 bits per heavy atom. The van der Waals surface area contributed by atoms with Crippen molar-refractivity contribution in [3.8, 4) is 0 Å². The third kappa shape index (κ3) is 4.93. The fraction of sp³-hybridized carbons (Fsp3) is 0.400. The molecule has 1 saturated heterocycles. The third-order valence-corrected chi connectivity index (χ3v) is 6.39. The molecule has 1 aliphatic rings. The number of hydrogen-bond donors (Lipinski definition) is 0. The summed E-state index contributed by atoms with van der Waals surface area (Å²) >= 11 is 0. The van der Waals surface area contributed by atoms with Crippen molar-refractivity contribution in [3.05, 3.63) is 81.2 Å². The Balaban J connectivity index is 1.60. The lowest BCUT2D eigenvalue weighted by Gasteiger charge is -2.36. The Kier molecular flexibility index (Phi) is 6.90. The number of piperazine rings is 1. The van der Waals surface area contributed by atoms with Crippen LogP contribution in [0.25, 0.3) is 0 Å². The first-order chi connectivity index (χ1) is 16.4. The predicted octanol–water partition coefficient (Wildman–Crippen LogP) is 4.35. The molecule has 4 rings (SSSR count). The van der Waals surface area contributed by atoms with Gasteiger partial charge in [-0.2, -0.15) is 0 Å². The molecule has 1 fully saturated rings. The van der Waals surface area contributed by atoms with E-state index in [2.05, 4.69) is 18.7 Å². The van der Waals surface area contributed by atoms with Crippen LogP contribution in [-0.2, 0) is 6.42 Å². The van der Waals surface area contributed by atoms with E-state index < -0.39 is 4.92 Å². The Bertz CT molecular complexity index is 1150. The third-order valence-electron chi connectivity index (χ3n) is 6.39. The quantitative estimate of drug-likeness (QED) is 0.379. The summed E-state index contributed by atoms with van der Waals surface area (Å²) in [7, 11) is 0. The number of non-ortho nitro benzene ring substituents is 1. The maximum absolute atomic E-state index is 12.7. The van der Waals surface area contributed by atoms with Gasteiger partial charge in [0.25, 0.3) is 11.6 Å². The first-order valence-electron chi connectivity index (χ1n) is 11.6. The minimum atomic E-state index is -0.395. The Morgan fingerprint density at radius 3 is 2.44 bits per heavy atom. The summed E-state index contributed by atoms with van der Waals surface area (Å²) in [6.07, 6.45) is 3.02. The van der Waals surface area contributed by atoms with Gasteiger partial charge in [0.05, 0.1) is 11.2 Å². The first-order valence-corrected chi connectivity index (χ1v) is 11.6. The van der Waals surface area contributed by atoms with Gasteiger partial charge in [-0.15, -0.1) is 0 Å². The summed E-state index contributed by atoms with van der Waals surface area (Å²) in [6.45, 7) is 8.67. The Labute approximate surface area is 198 Å². The molecule has 1 atom stereocenters.